The number of benzene rings is 1. The van der Waals surface area contributed by atoms with E-state index in [1.807, 2.05) is 53.4 Å². The number of nitrogens with two attached hydrogens (primary N) is 1. The topological polar surface area (TPSA) is 118 Å². The van der Waals surface area contributed by atoms with Crippen molar-refractivity contribution < 1.29 is 19.1 Å². The largest absolute Gasteiger partial charge is 0.374 e. The van der Waals surface area contributed by atoms with Crippen molar-refractivity contribution in [1.82, 2.24) is 20.1 Å². The monoisotopic (exact) mass is 493 g/mol. The number of amides is 3. The number of nitrogens with one attached hydrogen (secondary N) is 1. The van der Waals surface area contributed by atoms with Crippen LogP contribution >= 0.6 is 0 Å². The molecule has 0 aliphatic carbocycles. The summed E-state index contributed by atoms with van der Waals surface area (Å²) in [6, 6.07) is 14.5. The predicted octanol–water partition coefficient (Wildman–Crippen LogP) is 1.27. The lowest BCUT2D eigenvalue weighted by molar-refractivity contribution is -0.147. The zero-order chi connectivity index (χ0) is 25.8. The molecule has 1 aromatic carbocycles. The summed E-state index contributed by atoms with van der Waals surface area (Å²) in [5.41, 5.74) is 6.19. The third-order valence-electron chi connectivity index (χ3n) is 6.89. The summed E-state index contributed by atoms with van der Waals surface area (Å²) in [6.45, 7) is 4.75. The van der Waals surface area contributed by atoms with E-state index in [1.54, 1.807) is 24.9 Å². The van der Waals surface area contributed by atoms with Gasteiger partial charge in [-0.3, -0.25) is 19.4 Å². The van der Waals surface area contributed by atoms with Gasteiger partial charge in [-0.25, -0.2) is 0 Å². The first-order valence-corrected chi connectivity index (χ1v) is 12.4. The highest BCUT2D eigenvalue weighted by Gasteiger charge is 2.50. The van der Waals surface area contributed by atoms with Crippen LogP contribution in [0.15, 0.2) is 54.7 Å². The van der Waals surface area contributed by atoms with E-state index >= 15 is 0 Å². The number of hydrogen-bond acceptors (Lipinski definition) is 6. The molecule has 2 unspecified atom stereocenters. The van der Waals surface area contributed by atoms with Crippen molar-refractivity contribution in [2.45, 2.75) is 56.8 Å². The van der Waals surface area contributed by atoms with E-state index in [4.69, 9.17) is 10.5 Å². The summed E-state index contributed by atoms with van der Waals surface area (Å²) in [4.78, 5) is 47.2. The number of pyridine rings is 1. The average molecular weight is 494 g/mol. The van der Waals surface area contributed by atoms with Gasteiger partial charge in [0.15, 0.2) is 0 Å². The molecule has 36 heavy (non-hydrogen) atoms. The molecule has 0 bridgehead atoms. The Bertz CT molecular complexity index is 1070. The van der Waals surface area contributed by atoms with Crippen molar-refractivity contribution >= 4 is 17.7 Å². The van der Waals surface area contributed by atoms with Crippen LogP contribution in [0.4, 0.5) is 0 Å². The van der Waals surface area contributed by atoms with Gasteiger partial charge in [0, 0.05) is 44.4 Å². The fourth-order valence-corrected chi connectivity index (χ4v) is 4.93. The Balaban J connectivity index is 1.50. The normalized spacial score (nSPS) is 20.7. The smallest absolute Gasteiger partial charge is 0.247 e. The molecule has 2 aliphatic rings. The summed E-state index contributed by atoms with van der Waals surface area (Å²) in [6.07, 6.45) is 3.42. The number of carbonyl (C=O) groups excluding carboxylic acids is 3. The van der Waals surface area contributed by atoms with E-state index in [9.17, 15) is 14.4 Å². The third kappa shape index (κ3) is 5.91. The molecule has 3 N–H and O–H groups in total. The van der Waals surface area contributed by atoms with Crippen LogP contribution in [0.1, 0.15) is 37.9 Å². The minimum atomic E-state index is -1.14. The van der Waals surface area contributed by atoms with Crippen LogP contribution in [0.25, 0.3) is 0 Å². The standard InChI is InChI=1S/C27H35N5O4/c1-26(2,28)25(35)30-22(18-36-17-20-8-4-3-5-9-20)24(34)31-14-15-32-23(33)11-12-27(32,19-31)16-21-10-6-7-13-29-21/h3-10,13,22H,11-12,14-19,28H2,1-2H3,(H,30,35). The summed E-state index contributed by atoms with van der Waals surface area (Å²) in [7, 11) is 0. The maximum absolute atomic E-state index is 13.7. The highest BCUT2D eigenvalue weighted by molar-refractivity contribution is 5.92. The third-order valence-corrected chi connectivity index (χ3v) is 6.89. The van der Waals surface area contributed by atoms with Gasteiger partial charge in [-0.1, -0.05) is 36.4 Å². The van der Waals surface area contributed by atoms with Crippen LogP contribution in [0.2, 0.25) is 0 Å². The quantitative estimate of drug-likeness (QED) is 0.543. The molecule has 2 atom stereocenters. The molecular formula is C27H35N5O4. The Kier molecular flexibility index (Phi) is 7.70. The van der Waals surface area contributed by atoms with Gasteiger partial charge in [0.05, 0.1) is 24.3 Å². The zero-order valence-electron chi connectivity index (χ0n) is 21.0. The van der Waals surface area contributed by atoms with Crippen molar-refractivity contribution in [3.8, 4) is 0 Å². The Morgan fingerprint density at radius 1 is 1.17 bits per heavy atom. The van der Waals surface area contributed by atoms with Gasteiger partial charge >= 0.3 is 0 Å². The van der Waals surface area contributed by atoms with E-state index in [0.717, 1.165) is 11.3 Å². The lowest BCUT2D eigenvalue weighted by Crippen LogP contribution is -2.65. The number of carbonyl (C=O) groups is 3. The van der Waals surface area contributed by atoms with E-state index in [2.05, 4.69) is 10.3 Å². The van der Waals surface area contributed by atoms with Crippen LogP contribution < -0.4 is 11.1 Å². The molecule has 0 saturated carbocycles. The van der Waals surface area contributed by atoms with Crippen molar-refractivity contribution in [3.63, 3.8) is 0 Å². The Morgan fingerprint density at radius 2 is 1.92 bits per heavy atom. The molecule has 2 aliphatic heterocycles. The van der Waals surface area contributed by atoms with Gasteiger partial charge in [-0.15, -0.1) is 0 Å². The van der Waals surface area contributed by atoms with Gasteiger partial charge in [0.25, 0.3) is 0 Å². The van der Waals surface area contributed by atoms with Gasteiger partial charge < -0.3 is 25.6 Å². The highest BCUT2D eigenvalue weighted by atomic mass is 16.5. The van der Waals surface area contributed by atoms with Crippen LogP contribution in [-0.2, 0) is 32.1 Å². The first kappa shape index (κ1) is 25.8. The minimum absolute atomic E-state index is 0.0158. The van der Waals surface area contributed by atoms with Crippen LogP contribution in [-0.4, -0.2) is 75.9 Å². The number of hydrogen-bond donors (Lipinski definition) is 2. The van der Waals surface area contributed by atoms with Crippen molar-refractivity contribution in [3.05, 3.63) is 66.0 Å². The Morgan fingerprint density at radius 3 is 2.61 bits per heavy atom. The number of rotatable bonds is 9. The number of nitrogens with zero attached hydrogens (tertiary/aromatic N) is 3. The van der Waals surface area contributed by atoms with E-state index < -0.39 is 23.0 Å². The lowest BCUT2D eigenvalue weighted by Gasteiger charge is -2.47. The van der Waals surface area contributed by atoms with Gasteiger partial charge in [-0.2, -0.15) is 0 Å². The molecule has 3 heterocycles. The van der Waals surface area contributed by atoms with E-state index in [1.165, 1.54) is 0 Å². The molecule has 0 spiro atoms. The minimum Gasteiger partial charge on any atom is -0.374 e. The molecule has 192 valence electrons. The van der Waals surface area contributed by atoms with Gasteiger partial charge in [0.1, 0.15) is 6.04 Å². The van der Waals surface area contributed by atoms with E-state index in [0.29, 0.717) is 45.5 Å². The first-order valence-electron chi connectivity index (χ1n) is 12.4. The molecule has 9 heteroatoms. The second kappa shape index (κ2) is 10.8. The van der Waals surface area contributed by atoms with Crippen molar-refractivity contribution in [2.75, 3.05) is 26.2 Å². The molecule has 4 rings (SSSR count). The molecule has 2 fully saturated rings. The summed E-state index contributed by atoms with van der Waals surface area (Å²) in [5, 5.41) is 2.80. The lowest BCUT2D eigenvalue weighted by atomic mass is 9.87. The maximum atomic E-state index is 13.7. The summed E-state index contributed by atoms with van der Waals surface area (Å²) in [5.74, 6) is -0.555. The maximum Gasteiger partial charge on any atom is 0.247 e. The molecule has 2 aromatic rings. The molecule has 2 saturated heterocycles. The van der Waals surface area contributed by atoms with Crippen molar-refractivity contribution in [2.24, 2.45) is 5.73 Å². The predicted molar refractivity (Wildman–Crippen MR) is 134 cm³/mol. The van der Waals surface area contributed by atoms with Crippen LogP contribution in [0, 0.1) is 0 Å². The number of fused-ring (bicyclic) bond motifs is 1. The van der Waals surface area contributed by atoms with Crippen LogP contribution in [0.5, 0.6) is 0 Å². The SMILES string of the molecule is CC(C)(N)C(=O)NC(COCc1ccccc1)C(=O)N1CCN2C(=O)CCC2(Cc2ccccn2)C1. The van der Waals surface area contributed by atoms with Gasteiger partial charge in [0.2, 0.25) is 17.7 Å². The number of piperazine rings is 1. The summed E-state index contributed by atoms with van der Waals surface area (Å²) < 4.78 is 5.85. The molecule has 3 amide bonds. The van der Waals surface area contributed by atoms with E-state index in [-0.39, 0.29) is 18.4 Å². The van der Waals surface area contributed by atoms with Crippen molar-refractivity contribution in [1.29, 1.82) is 0 Å². The fraction of sp³-hybridized carbons (Fsp3) is 0.481. The zero-order valence-corrected chi connectivity index (χ0v) is 21.0. The second-order valence-electron chi connectivity index (χ2n) is 10.3. The first-order chi connectivity index (χ1) is 17.2. The second-order valence-corrected chi connectivity index (χ2v) is 10.3. The summed E-state index contributed by atoms with van der Waals surface area (Å²) >= 11 is 0. The number of ether oxygens (including phenoxy) is 1. The fourth-order valence-electron chi connectivity index (χ4n) is 4.93. The molecule has 1 aromatic heterocycles. The van der Waals surface area contributed by atoms with Gasteiger partial charge in [-0.05, 0) is 38.0 Å². The highest BCUT2D eigenvalue weighted by Crippen LogP contribution is 2.36. The Labute approximate surface area is 212 Å². The molecule has 0 radical (unpaired) electrons. The molecule has 9 nitrogen and oxygen atoms in total. The Hall–Kier alpha value is -3.30. The van der Waals surface area contributed by atoms with Crippen LogP contribution in [0.3, 0.4) is 0 Å². The number of aromatic nitrogens is 1. The molecular weight excluding hydrogens is 458 g/mol. The average Bonchev–Trinajstić information content (AvgIpc) is 3.18.